The van der Waals surface area contributed by atoms with E-state index in [1.165, 1.54) is 0 Å². The highest BCUT2D eigenvalue weighted by Gasteiger charge is 2.23. The Morgan fingerprint density at radius 3 is 2.58 bits per heavy atom. The molecule has 0 bridgehead atoms. The Labute approximate surface area is 149 Å². The first-order chi connectivity index (χ1) is 11.3. The lowest BCUT2D eigenvalue weighted by Crippen LogP contribution is -2.27. The van der Waals surface area contributed by atoms with Crippen LogP contribution in [-0.2, 0) is 4.74 Å². The van der Waals surface area contributed by atoms with E-state index in [0.717, 1.165) is 32.3 Å². The predicted octanol–water partition coefficient (Wildman–Crippen LogP) is 5.56. The van der Waals surface area contributed by atoms with Gasteiger partial charge in [-0.05, 0) is 61.3 Å². The number of halogens is 1. The fourth-order valence-corrected chi connectivity index (χ4v) is 2.94. The van der Waals surface area contributed by atoms with Crippen LogP contribution in [0.15, 0.2) is 47.1 Å². The Morgan fingerprint density at radius 2 is 1.92 bits per heavy atom. The lowest BCUT2D eigenvalue weighted by atomic mass is 10.1. The molecule has 0 spiro atoms. The summed E-state index contributed by atoms with van der Waals surface area (Å²) in [7, 11) is 0. The first-order valence-electron chi connectivity index (χ1n) is 7.72. The van der Waals surface area contributed by atoms with Crippen LogP contribution in [0.3, 0.4) is 0 Å². The molecule has 0 atom stereocenters. The molecule has 0 N–H and O–H groups in total. The molecular formula is C19H19BrN2O2. The number of hydrogen-bond donors (Lipinski definition) is 0. The minimum absolute atomic E-state index is 0.407. The molecule has 0 fully saturated rings. The van der Waals surface area contributed by atoms with Gasteiger partial charge in [0.15, 0.2) is 0 Å². The van der Waals surface area contributed by atoms with E-state index < -0.39 is 11.7 Å². The van der Waals surface area contributed by atoms with Crippen LogP contribution in [0.5, 0.6) is 0 Å². The minimum atomic E-state index is -0.573. The number of hydrogen-bond acceptors (Lipinski definition) is 3. The quantitative estimate of drug-likeness (QED) is 0.549. The summed E-state index contributed by atoms with van der Waals surface area (Å²) in [6, 6.07) is 11.8. The molecule has 0 amide bonds. The molecule has 0 unspecified atom stereocenters. The van der Waals surface area contributed by atoms with Gasteiger partial charge in [0.05, 0.1) is 16.7 Å². The molecular weight excluding hydrogens is 368 g/mol. The van der Waals surface area contributed by atoms with Crippen LogP contribution in [0.25, 0.3) is 22.3 Å². The zero-order valence-corrected chi connectivity index (χ0v) is 15.7. The van der Waals surface area contributed by atoms with Gasteiger partial charge >= 0.3 is 6.09 Å². The maximum Gasteiger partial charge on any atom is 0.419 e. The van der Waals surface area contributed by atoms with Crippen molar-refractivity contribution in [3.05, 3.63) is 52.6 Å². The zero-order chi connectivity index (χ0) is 17.5. The van der Waals surface area contributed by atoms with E-state index in [1.54, 1.807) is 10.8 Å². The normalized spacial score (nSPS) is 11.7. The molecule has 2 heterocycles. The summed E-state index contributed by atoms with van der Waals surface area (Å²) in [5, 5.41) is 0. The lowest BCUT2D eigenvalue weighted by Gasteiger charge is -2.21. The maximum absolute atomic E-state index is 12.8. The Kier molecular flexibility index (Phi) is 4.22. The molecule has 3 rings (SSSR count). The number of fused-ring (bicyclic) bond motifs is 1. The molecule has 124 valence electrons. The molecule has 0 aliphatic rings. The van der Waals surface area contributed by atoms with E-state index in [-0.39, 0.29) is 0 Å². The van der Waals surface area contributed by atoms with Crippen LogP contribution in [0.2, 0.25) is 0 Å². The van der Waals surface area contributed by atoms with Crippen molar-refractivity contribution in [1.82, 2.24) is 9.55 Å². The number of aromatic nitrogens is 2. The number of carbonyl (C=O) groups excluding carboxylic acids is 1. The number of rotatable bonds is 1. The van der Waals surface area contributed by atoms with Crippen LogP contribution in [0.4, 0.5) is 4.79 Å². The zero-order valence-electron chi connectivity index (χ0n) is 14.1. The third-order valence-corrected chi connectivity index (χ3v) is 4.05. The van der Waals surface area contributed by atoms with Gasteiger partial charge in [0, 0.05) is 16.2 Å². The minimum Gasteiger partial charge on any atom is -0.443 e. The highest BCUT2D eigenvalue weighted by atomic mass is 79.9. The van der Waals surface area contributed by atoms with Crippen LogP contribution < -0.4 is 0 Å². The molecule has 0 aliphatic carbocycles. The SMILES string of the molecule is Cc1ccccc1-c1cc2ncc(Br)cc2n1C(=O)OC(C)(C)C. The van der Waals surface area contributed by atoms with Crippen molar-refractivity contribution in [3.8, 4) is 11.3 Å². The van der Waals surface area contributed by atoms with E-state index in [9.17, 15) is 4.79 Å². The Balaban J connectivity index is 2.27. The van der Waals surface area contributed by atoms with Gasteiger partial charge in [0.1, 0.15) is 5.60 Å². The maximum atomic E-state index is 12.8. The van der Waals surface area contributed by atoms with Crippen molar-refractivity contribution < 1.29 is 9.53 Å². The van der Waals surface area contributed by atoms with Gasteiger partial charge in [-0.25, -0.2) is 9.36 Å². The first-order valence-corrected chi connectivity index (χ1v) is 8.52. The van der Waals surface area contributed by atoms with Crippen molar-refractivity contribution in [2.24, 2.45) is 0 Å². The number of benzene rings is 1. The van der Waals surface area contributed by atoms with E-state index in [0.29, 0.717) is 0 Å². The smallest absolute Gasteiger partial charge is 0.419 e. The van der Waals surface area contributed by atoms with Crippen molar-refractivity contribution in [1.29, 1.82) is 0 Å². The van der Waals surface area contributed by atoms with E-state index in [4.69, 9.17) is 4.74 Å². The second-order valence-corrected chi connectivity index (χ2v) is 7.63. The molecule has 0 radical (unpaired) electrons. The Hall–Kier alpha value is -2.14. The topological polar surface area (TPSA) is 44.1 Å². The summed E-state index contributed by atoms with van der Waals surface area (Å²) < 4.78 is 8.03. The van der Waals surface area contributed by atoms with Crippen LogP contribution in [0, 0.1) is 6.92 Å². The van der Waals surface area contributed by atoms with Gasteiger partial charge in [-0.1, -0.05) is 24.3 Å². The molecule has 0 saturated carbocycles. The van der Waals surface area contributed by atoms with Crippen LogP contribution in [0.1, 0.15) is 26.3 Å². The number of carbonyl (C=O) groups is 1. The van der Waals surface area contributed by atoms with Crippen molar-refractivity contribution in [3.63, 3.8) is 0 Å². The summed E-state index contributed by atoms with van der Waals surface area (Å²) >= 11 is 3.43. The Morgan fingerprint density at radius 1 is 1.21 bits per heavy atom. The number of nitrogens with zero attached hydrogens (tertiary/aromatic N) is 2. The molecule has 2 aromatic heterocycles. The number of pyridine rings is 1. The lowest BCUT2D eigenvalue weighted by molar-refractivity contribution is 0.0547. The van der Waals surface area contributed by atoms with Gasteiger partial charge in [0.2, 0.25) is 0 Å². The predicted molar refractivity (Wildman–Crippen MR) is 99.2 cm³/mol. The highest BCUT2D eigenvalue weighted by molar-refractivity contribution is 9.10. The largest absolute Gasteiger partial charge is 0.443 e. The average Bonchev–Trinajstić information content (AvgIpc) is 2.84. The van der Waals surface area contributed by atoms with Gasteiger partial charge < -0.3 is 4.74 Å². The second-order valence-electron chi connectivity index (χ2n) is 6.72. The highest BCUT2D eigenvalue weighted by Crippen LogP contribution is 2.31. The molecule has 0 saturated heterocycles. The monoisotopic (exact) mass is 386 g/mol. The fraction of sp³-hybridized carbons (Fsp3) is 0.263. The first kappa shape index (κ1) is 16.7. The Bertz CT molecular complexity index is 923. The van der Waals surface area contributed by atoms with Gasteiger partial charge in [-0.3, -0.25) is 4.98 Å². The fourth-order valence-electron chi connectivity index (χ4n) is 2.62. The van der Waals surface area contributed by atoms with Crippen molar-refractivity contribution >= 4 is 33.1 Å². The molecule has 5 heteroatoms. The third-order valence-electron chi connectivity index (χ3n) is 3.62. The molecule has 1 aromatic carbocycles. The second kappa shape index (κ2) is 6.06. The van der Waals surface area contributed by atoms with Crippen LogP contribution in [-0.4, -0.2) is 21.2 Å². The summed E-state index contributed by atoms with van der Waals surface area (Å²) in [5.74, 6) is 0. The molecule has 4 nitrogen and oxygen atoms in total. The van der Waals surface area contributed by atoms with E-state index in [1.807, 2.05) is 64.1 Å². The number of aryl methyl sites for hydroxylation is 1. The molecule has 0 aliphatic heterocycles. The van der Waals surface area contributed by atoms with Crippen LogP contribution >= 0.6 is 15.9 Å². The molecule has 24 heavy (non-hydrogen) atoms. The van der Waals surface area contributed by atoms with Gasteiger partial charge in [-0.15, -0.1) is 0 Å². The summed E-state index contributed by atoms with van der Waals surface area (Å²) in [4.78, 5) is 17.3. The summed E-state index contributed by atoms with van der Waals surface area (Å²) in [6.07, 6.45) is 1.32. The summed E-state index contributed by atoms with van der Waals surface area (Å²) in [5.41, 5.74) is 3.75. The van der Waals surface area contributed by atoms with E-state index >= 15 is 0 Å². The standard InChI is InChI=1S/C19H19BrN2O2/c1-12-7-5-6-8-14(12)16-10-15-17(9-13(20)11-21-15)22(16)18(23)24-19(2,3)4/h5-11H,1-4H3. The average molecular weight is 387 g/mol. The van der Waals surface area contributed by atoms with Crippen molar-refractivity contribution in [2.45, 2.75) is 33.3 Å². The summed E-state index contributed by atoms with van der Waals surface area (Å²) in [6.45, 7) is 7.60. The van der Waals surface area contributed by atoms with Gasteiger partial charge in [0.25, 0.3) is 0 Å². The van der Waals surface area contributed by atoms with E-state index in [2.05, 4.69) is 20.9 Å². The number of ether oxygens (including phenoxy) is 1. The molecule has 3 aromatic rings. The third kappa shape index (κ3) is 3.22. The van der Waals surface area contributed by atoms with Gasteiger partial charge in [-0.2, -0.15) is 0 Å². The van der Waals surface area contributed by atoms with Crippen molar-refractivity contribution in [2.75, 3.05) is 0 Å².